The fourth-order valence-corrected chi connectivity index (χ4v) is 5.25. The maximum atomic E-state index is 13.2. The first-order valence-electron chi connectivity index (χ1n) is 10.0. The number of rotatable bonds is 8. The quantitative estimate of drug-likeness (QED) is 0.212. The van der Waals surface area contributed by atoms with Gasteiger partial charge < -0.3 is 0 Å². The molecular weight excluding hydrogens is 446 g/mol. The van der Waals surface area contributed by atoms with Crippen LogP contribution in [0.15, 0.2) is 71.8 Å². The molecule has 1 amide bonds. The van der Waals surface area contributed by atoms with Gasteiger partial charge in [0.25, 0.3) is 0 Å². The summed E-state index contributed by atoms with van der Waals surface area (Å²) in [5, 5.41) is 1.25. The van der Waals surface area contributed by atoms with Crippen LogP contribution >= 0.6 is 34.7 Å². The van der Waals surface area contributed by atoms with Crippen molar-refractivity contribution in [2.75, 3.05) is 10.7 Å². The third-order valence-corrected chi connectivity index (χ3v) is 7.21. The molecule has 0 aliphatic rings. The second kappa shape index (κ2) is 10.3. The van der Waals surface area contributed by atoms with E-state index in [4.69, 9.17) is 11.6 Å². The number of hydrogen-bond acceptors (Lipinski definition) is 5. The Morgan fingerprint density at radius 3 is 2.68 bits per heavy atom. The Hall–Kier alpha value is -2.41. The van der Waals surface area contributed by atoms with Crippen LogP contribution in [0.3, 0.4) is 0 Å². The first-order chi connectivity index (χ1) is 15.1. The molecule has 0 fully saturated rings. The molecule has 4 nitrogen and oxygen atoms in total. The lowest BCUT2D eigenvalue weighted by Crippen LogP contribution is -2.30. The summed E-state index contributed by atoms with van der Waals surface area (Å²) >= 11 is 9.57. The maximum Gasteiger partial charge on any atom is 0.229 e. The van der Waals surface area contributed by atoms with Crippen LogP contribution in [-0.4, -0.2) is 21.6 Å². The zero-order valence-electron chi connectivity index (χ0n) is 17.1. The number of benzene rings is 2. The minimum Gasteiger partial charge on any atom is -0.282 e. The molecule has 158 valence electrons. The van der Waals surface area contributed by atoms with Gasteiger partial charge in [0.15, 0.2) is 5.13 Å². The summed E-state index contributed by atoms with van der Waals surface area (Å²) in [6.45, 7) is 2.47. The van der Waals surface area contributed by atoms with Gasteiger partial charge in [-0.3, -0.25) is 14.7 Å². The summed E-state index contributed by atoms with van der Waals surface area (Å²) in [7, 11) is 0. The number of fused-ring (bicyclic) bond motifs is 1. The van der Waals surface area contributed by atoms with Gasteiger partial charge in [-0.1, -0.05) is 52.8 Å². The molecule has 31 heavy (non-hydrogen) atoms. The van der Waals surface area contributed by atoms with Gasteiger partial charge >= 0.3 is 0 Å². The highest BCUT2D eigenvalue weighted by atomic mass is 35.5. The summed E-state index contributed by atoms with van der Waals surface area (Å²) in [6, 6.07) is 19.9. The van der Waals surface area contributed by atoms with Crippen LogP contribution in [0.1, 0.15) is 24.1 Å². The largest absolute Gasteiger partial charge is 0.282 e. The van der Waals surface area contributed by atoms with E-state index in [1.165, 1.54) is 21.8 Å². The molecule has 0 bridgehead atoms. The molecule has 7 heteroatoms. The molecule has 4 rings (SSSR count). The van der Waals surface area contributed by atoms with Gasteiger partial charge in [-0.15, -0.1) is 11.8 Å². The summed E-state index contributed by atoms with van der Waals surface area (Å²) < 4.78 is 0.969. The minimum absolute atomic E-state index is 0.0466. The normalized spacial score (nSPS) is 11.0. The van der Waals surface area contributed by atoms with Crippen LogP contribution in [-0.2, 0) is 11.3 Å². The molecule has 2 aromatic heterocycles. The number of carbonyl (C=O) groups excluding carboxylic acids is 1. The number of hydrogen-bond donors (Lipinski definition) is 0. The Bertz CT molecular complexity index is 1160. The fourth-order valence-electron chi connectivity index (χ4n) is 3.12. The molecule has 0 saturated heterocycles. The number of amides is 1. The molecular formula is C24H22ClN3OS2. The Balaban J connectivity index is 1.47. The molecule has 0 radical (unpaired) electrons. The molecule has 2 aromatic carbocycles. The number of thioether (sulfide) groups is 1. The third kappa shape index (κ3) is 5.64. The van der Waals surface area contributed by atoms with Crippen molar-refractivity contribution in [3.05, 3.63) is 83.1 Å². The van der Waals surface area contributed by atoms with Gasteiger partial charge in [-0.05, 0) is 55.5 Å². The monoisotopic (exact) mass is 467 g/mol. The van der Waals surface area contributed by atoms with Crippen LogP contribution in [0.2, 0.25) is 5.02 Å². The predicted octanol–water partition coefficient (Wildman–Crippen LogP) is 6.76. The number of thiazole rings is 1. The van der Waals surface area contributed by atoms with E-state index in [-0.39, 0.29) is 5.91 Å². The highest BCUT2D eigenvalue weighted by Gasteiger charge is 2.21. The van der Waals surface area contributed by atoms with Gasteiger partial charge in [0, 0.05) is 17.5 Å². The SMILES string of the molecule is Cc1ccc(SCCCC(=O)N(Cc2ccccn2)c2nc3c(Cl)cccc3s2)cc1. The van der Waals surface area contributed by atoms with Gasteiger partial charge in [-0.2, -0.15) is 0 Å². The van der Waals surface area contributed by atoms with Crippen LogP contribution in [0.25, 0.3) is 10.2 Å². The molecule has 0 aliphatic carbocycles. The van der Waals surface area contributed by atoms with Crippen molar-refractivity contribution < 1.29 is 4.79 Å². The summed E-state index contributed by atoms with van der Waals surface area (Å²) in [6.07, 6.45) is 2.99. The number of halogens is 1. The summed E-state index contributed by atoms with van der Waals surface area (Å²) in [5.74, 6) is 0.933. The number of para-hydroxylation sites is 1. The first-order valence-corrected chi connectivity index (χ1v) is 12.2. The third-order valence-electron chi connectivity index (χ3n) is 4.76. The summed E-state index contributed by atoms with van der Waals surface area (Å²) in [5.41, 5.74) is 2.81. The topological polar surface area (TPSA) is 46.1 Å². The molecule has 0 aliphatic heterocycles. The zero-order chi connectivity index (χ0) is 21.6. The van der Waals surface area contributed by atoms with Gasteiger partial charge in [0.05, 0.1) is 22.0 Å². The molecule has 0 atom stereocenters. The molecule has 4 aromatic rings. The number of pyridine rings is 1. The van der Waals surface area contributed by atoms with E-state index in [9.17, 15) is 4.79 Å². The molecule has 2 heterocycles. The van der Waals surface area contributed by atoms with Crippen molar-refractivity contribution in [1.29, 1.82) is 0 Å². The molecule has 0 spiro atoms. The average molecular weight is 468 g/mol. The van der Waals surface area contributed by atoms with E-state index in [0.29, 0.717) is 23.1 Å². The van der Waals surface area contributed by atoms with Crippen molar-refractivity contribution in [2.45, 2.75) is 31.2 Å². The van der Waals surface area contributed by atoms with Crippen LogP contribution < -0.4 is 4.90 Å². The second-order valence-electron chi connectivity index (χ2n) is 7.15. The van der Waals surface area contributed by atoms with Crippen LogP contribution in [0.4, 0.5) is 5.13 Å². The number of nitrogens with zero attached hydrogens (tertiary/aromatic N) is 3. The second-order valence-corrected chi connectivity index (χ2v) is 9.73. The van der Waals surface area contributed by atoms with Gasteiger partial charge in [-0.25, -0.2) is 4.98 Å². The van der Waals surface area contributed by atoms with E-state index >= 15 is 0 Å². The summed E-state index contributed by atoms with van der Waals surface area (Å²) in [4.78, 5) is 25.2. The Morgan fingerprint density at radius 1 is 1.10 bits per heavy atom. The Morgan fingerprint density at radius 2 is 1.94 bits per heavy atom. The molecule has 0 N–H and O–H groups in total. The Kier molecular flexibility index (Phi) is 7.22. The zero-order valence-corrected chi connectivity index (χ0v) is 19.5. The van der Waals surface area contributed by atoms with Gasteiger partial charge in [0.2, 0.25) is 5.91 Å². The number of anilines is 1. The predicted molar refractivity (Wildman–Crippen MR) is 131 cm³/mol. The maximum absolute atomic E-state index is 13.2. The Labute approximate surface area is 195 Å². The van der Waals surface area contributed by atoms with Crippen LogP contribution in [0.5, 0.6) is 0 Å². The number of carbonyl (C=O) groups is 1. The van der Waals surface area contributed by atoms with Crippen molar-refractivity contribution in [2.24, 2.45) is 0 Å². The van der Waals surface area contributed by atoms with Gasteiger partial charge in [0.1, 0.15) is 5.52 Å². The van der Waals surface area contributed by atoms with Crippen LogP contribution in [0, 0.1) is 6.92 Å². The van der Waals surface area contributed by atoms with Crippen molar-refractivity contribution in [3.63, 3.8) is 0 Å². The van der Waals surface area contributed by atoms with Crippen molar-refractivity contribution in [3.8, 4) is 0 Å². The lowest BCUT2D eigenvalue weighted by atomic mass is 10.2. The molecule has 0 saturated carbocycles. The lowest BCUT2D eigenvalue weighted by Gasteiger charge is -2.19. The van der Waals surface area contributed by atoms with E-state index in [1.807, 2.05) is 36.4 Å². The highest BCUT2D eigenvalue weighted by molar-refractivity contribution is 7.99. The fraction of sp³-hybridized carbons (Fsp3) is 0.208. The molecule has 0 unspecified atom stereocenters. The first kappa shape index (κ1) is 21.8. The minimum atomic E-state index is 0.0466. The van der Waals surface area contributed by atoms with Crippen molar-refractivity contribution in [1.82, 2.24) is 9.97 Å². The number of aromatic nitrogens is 2. The van der Waals surface area contributed by atoms with E-state index in [2.05, 4.69) is 41.2 Å². The van der Waals surface area contributed by atoms with E-state index in [0.717, 1.165) is 28.1 Å². The van der Waals surface area contributed by atoms with Crippen molar-refractivity contribution >= 4 is 56.0 Å². The lowest BCUT2D eigenvalue weighted by molar-refractivity contribution is -0.118. The average Bonchev–Trinajstić information content (AvgIpc) is 3.22. The van der Waals surface area contributed by atoms with E-state index < -0.39 is 0 Å². The standard InChI is InChI=1S/C24H22ClN3OS2/c1-17-10-12-19(13-11-17)30-15-5-9-22(29)28(16-18-6-2-3-14-26-18)24-27-23-20(25)7-4-8-21(23)31-24/h2-4,6-8,10-14H,5,9,15-16H2,1H3. The van der Waals surface area contributed by atoms with E-state index in [1.54, 1.807) is 22.9 Å². The number of aryl methyl sites for hydroxylation is 1. The smallest absolute Gasteiger partial charge is 0.229 e. The highest BCUT2D eigenvalue weighted by Crippen LogP contribution is 2.34.